The van der Waals surface area contributed by atoms with Gasteiger partial charge in [-0.25, -0.2) is 0 Å². The highest BCUT2D eigenvalue weighted by Crippen LogP contribution is 2.27. The number of methoxy groups -OCH3 is 1. The van der Waals surface area contributed by atoms with Crippen LogP contribution in [0.4, 0.5) is 0 Å². The summed E-state index contributed by atoms with van der Waals surface area (Å²) < 4.78 is 7.20. The summed E-state index contributed by atoms with van der Waals surface area (Å²) in [5.41, 5.74) is 2.64. The molecule has 0 saturated heterocycles. The van der Waals surface area contributed by atoms with Crippen LogP contribution in [-0.4, -0.2) is 22.6 Å². The van der Waals surface area contributed by atoms with Crippen LogP contribution in [0.15, 0.2) is 53.8 Å². The summed E-state index contributed by atoms with van der Waals surface area (Å²) in [5.74, 6) is 0.533. The lowest BCUT2D eigenvalue weighted by molar-refractivity contribution is 0.0997. The molecule has 1 amide bonds. The number of nitrogens with zero attached hydrogens (tertiary/aromatic N) is 3. The van der Waals surface area contributed by atoms with Crippen molar-refractivity contribution in [2.24, 2.45) is 12.0 Å². The molecule has 5 nitrogen and oxygen atoms in total. The molecule has 0 aliphatic rings. The molecule has 0 bridgehead atoms. The van der Waals surface area contributed by atoms with Crippen molar-refractivity contribution < 1.29 is 9.53 Å². The van der Waals surface area contributed by atoms with Crippen molar-refractivity contribution in [3.8, 4) is 17.0 Å². The molecule has 3 aromatic rings. The molecule has 0 radical (unpaired) electrons. The van der Waals surface area contributed by atoms with E-state index in [1.165, 1.54) is 22.4 Å². The fourth-order valence-corrected chi connectivity index (χ4v) is 3.66. The minimum atomic E-state index is -0.283. The van der Waals surface area contributed by atoms with Crippen LogP contribution in [0.1, 0.15) is 22.2 Å². The lowest BCUT2D eigenvalue weighted by atomic mass is 10.1. The molecule has 25 heavy (non-hydrogen) atoms. The molecule has 2 heterocycles. The second-order valence-corrected chi connectivity index (χ2v) is 6.52. The summed E-state index contributed by atoms with van der Waals surface area (Å²) >= 11 is 1.54. The maximum atomic E-state index is 12.4. The Bertz CT molecular complexity index is 941. The number of hydrogen-bond donors (Lipinski definition) is 0. The molecular weight excluding hydrogens is 334 g/mol. The first-order valence-corrected chi connectivity index (χ1v) is 8.78. The van der Waals surface area contributed by atoms with Gasteiger partial charge < -0.3 is 9.30 Å². The Morgan fingerprint density at radius 2 is 2.04 bits per heavy atom. The summed E-state index contributed by atoms with van der Waals surface area (Å²) in [5, 5.41) is 0. The molecule has 6 heteroatoms. The van der Waals surface area contributed by atoms with Crippen molar-refractivity contribution >= 4 is 17.2 Å². The number of hydrogen-bond acceptors (Lipinski definition) is 4. The van der Waals surface area contributed by atoms with Crippen molar-refractivity contribution in [1.82, 2.24) is 9.55 Å². The van der Waals surface area contributed by atoms with Crippen molar-refractivity contribution in [3.05, 3.63) is 64.0 Å². The Hall–Kier alpha value is -2.73. The van der Waals surface area contributed by atoms with Gasteiger partial charge in [0.05, 0.1) is 18.4 Å². The quantitative estimate of drug-likeness (QED) is 0.722. The Morgan fingerprint density at radius 1 is 1.28 bits per heavy atom. The fourth-order valence-electron chi connectivity index (χ4n) is 2.59. The van der Waals surface area contributed by atoms with Crippen molar-refractivity contribution in [2.45, 2.75) is 13.3 Å². The van der Waals surface area contributed by atoms with E-state index in [4.69, 9.17) is 4.74 Å². The summed E-state index contributed by atoms with van der Waals surface area (Å²) in [6.07, 6.45) is 4.04. The second-order valence-electron chi connectivity index (χ2n) is 5.46. The van der Waals surface area contributed by atoms with Gasteiger partial charge in [0.1, 0.15) is 5.75 Å². The van der Waals surface area contributed by atoms with Gasteiger partial charge in [-0.15, -0.1) is 11.3 Å². The number of thiazole rings is 1. The number of pyridine rings is 1. The molecule has 0 fully saturated rings. The maximum absolute atomic E-state index is 12.4. The molecule has 0 aliphatic heterocycles. The number of benzene rings is 1. The van der Waals surface area contributed by atoms with E-state index < -0.39 is 0 Å². The van der Waals surface area contributed by atoms with Crippen LogP contribution < -0.4 is 9.54 Å². The highest BCUT2D eigenvalue weighted by atomic mass is 32.1. The summed E-state index contributed by atoms with van der Waals surface area (Å²) in [4.78, 5) is 22.5. The van der Waals surface area contributed by atoms with E-state index in [9.17, 15) is 4.79 Å². The van der Waals surface area contributed by atoms with Crippen molar-refractivity contribution in [3.63, 3.8) is 0 Å². The minimum absolute atomic E-state index is 0.283. The van der Waals surface area contributed by atoms with E-state index in [1.807, 2.05) is 35.9 Å². The van der Waals surface area contributed by atoms with Gasteiger partial charge in [0.25, 0.3) is 5.91 Å². The Balaban J connectivity index is 2.06. The van der Waals surface area contributed by atoms with Gasteiger partial charge in [-0.05, 0) is 48.4 Å². The predicted molar refractivity (Wildman–Crippen MR) is 98.8 cm³/mol. The zero-order valence-electron chi connectivity index (χ0n) is 14.4. The highest BCUT2D eigenvalue weighted by Gasteiger charge is 2.13. The zero-order chi connectivity index (χ0) is 17.8. The average Bonchev–Trinajstić information content (AvgIpc) is 2.98. The van der Waals surface area contributed by atoms with Gasteiger partial charge in [-0.2, -0.15) is 4.99 Å². The van der Waals surface area contributed by atoms with E-state index in [2.05, 4.69) is 16.9 Å². The number of amides is 1. The van der Waals surface area contributed by atoms with Gasteiger partial charge in [0.15, 0.2) is 4.80 Å². The number of carbonyl (C=O) groups excluding carboxylic acids is 1. The molecular formula is C19H19N3O2S. The Labute approximate surface area is 150 Å². The lowest BCUT2D eigenvalue weighted by Gasteiger charge is -2.07. The smallest absolute Gasteiger partial charge is 0.281 e. The van der Waals surface area contributed by atoms with E-state index >= 15 is 0 Å². The topological polar surface area (TPSA) is 56.5 Å². The monoisotopic (exact) mass is 353 g/mol. The first kappa shape index (κ1) is 17.1. The largest absolute Gasteiger partial charge is 0.497 e. The van der Waals surface area contributed by atoms with Crippen molar-refractivity contribution in [2.75, 3.05) is 7.11 Å². The molecule has 0 aliphatic carbocycles. The first-order valence-electron chi connectivity index (χ1n) is 7.96. The summed E-state index contributed by atoms with van der Waals surface area (Å²) in [6.45, 7) is 2.10. The second kappa shape index (κ2) is 7.44. The molecule has 0 atom stereocenters. The summed E-state index contributed by atoms with van der Waals surface area (Å²) in [6, 6.07) is 11.4. The normalized spacial score (nSPS) is 11.6. The molecule has 0 spiro atoms. The Morgan fingerprint density at radius 3 is 2.64 bits per heavy atom. The number of aryl methyl sites for hydroxylation is 1. The fraction of sp³-hybridized carbons (Fsp3) is 0.211. The first-order chi connectivity index (χ1) is 12.1. The van der Waals surface area contributed by atoms with Gasteiger partial charge in [-0.3, -0.25) is 9.78 Å². The van der Waals surface area contributed by atoms with Crippen LogP contribution in [0, 0.1) is 0 Å². The maximum Gasteiger partial charge on any atom is 0.281 e. The number of rotatable bonds is 4. The third-order valence-electron chi connectivity index (χ3n) is 3.89. The molecule has 2 aromatic heterocycles. The average molecular weight is 353 g/mol. The van der Waals surface area contributed by atoms with E-state index in [0.29, 0.717) is 10.4 Å². The van der Waals surface area contributed by atoms with Gasteiger partial charge in [0, 0.05) is 24.3 Å². The zero-order valence-corrected chi connectivity index (χ0v) is 15.2. The standard InChI is InChI=1S/C19H19N3O2S/c1-4-16-17(13-7-9-15(24-3)10-8-13)22(2)19(25-16)21-18(23)14-6-5-11-20-12-14/h5-12H,4H2,1-3H3. The SMILES string of the molecule is CCc1sc(=NC(=O)c2cccnc2)n(C)c1-c1ccc(OC)cc1. The molecule has 1 aromatic carbocycles. The molecule has 128 valence electrons. The lowest BCUT2D eigenvalue weighted by Crippen LogP contribution is -2.14. The molecule has 0 saturated carbocycles. The van der Waals surface area contributed by atoms with Crippen LogP contribution in [0.5, 0.6) is 5.75 Å². The van der Waals surface area contributed by atoms with Gasteiger partial charge >= 0.3 is 0 Å². The number of carbonyl (C=O) groups is 1. The molecule has 0 N–H and O–H groups in total. The van der Waals surface area contributed by atoms with E-state index in [0.717, 1.165) is 23.4 Å². The van der Waals surface area contributed by atoms with Crippen LogP contribution >= 0.6 is 11.3 Å². The number of ether oxygens (including phenoxy) is 1. The minimum Gasteiger partial charge on any atom is -0.497 e. The predicted octanol–water partition coefficient (Wildman–Crippen LogP) is 3.46. The van der Waals surface area contributed by atoms with Gasteiger partial charge in [0.2, 0.25) is 0 Å². The van der Waals surface area contributed by atoms with Crippen LogP contribution in [-0.2, 0) is 13.5 Å². The van der Waals surface area contributed by atoms with E-state index in [1.54, 1.807) is 25.4 Å². The number of aromatic nitrogens is 2. The highest BCUT2D eigenvalue weighted by molar-refractivity contribution is 7.09. The third kappa shape index (κ3) is 3.53. The molecule has 0 unspecified atom stereocenters. The third-order valence-corrected chi connectivity index (χ3v) is 5.17. The van der Waals surface area contributed by atoms with E-state index in [-0.39, 0.29) is 5.91 Å². The van der Waals surface area contributed by atoms with Crippen LogP contribution in [0.25, 0.3) is 11.3 Å². The Kier molecular flexibility index (Phi) is 5.09. The van der Waals surface area contributed by atoms with Gasteiger partial charge in [-0.1, -0.05) is 6.92 Å². The molecule has 3 rings (SSSR count). The van der Waals surface area contributed by atoms with Crippen molar-refractivity contribution in [1.29, 1.82) is 0 Å². The summed E-state index contributed by atoms with van der Waals surface area (Å²) in [7, 11) is 3.59. The van der Waals surface area contributed by atoms with Crippen LogP contribution in [0.2, 0.25) is 0 Å². The van der Waals surface area contributed by atoms with Crippen LogP contribution in [0.3, 0.4) is 0 Å².